The fraction of sp³-hybridized carbons (Fsp3) is 0.417. The number of carbonyl (C=O) groups excluding carboxylic acids is 2. The van der Waals surface area contributed by atoms with Gasteiger partial charge in [-0.3, -0.25) is 9.59 Å². The molecule has 1 saturated heterocycles. The lowest BCUT2D eigenvalue weighted by molar-refractivity contribution is -0.137. The van der Waals surface area contributed by atoms with Gasteiger partial charge in [0.2, 0.25) is 15.9 Å². The summed E-state index contributed by atoms with van der Waals surface area (Å²) in [6.07, 6.45) is -3.40. The third-order valence-corrected chi connectivity index (χ3v) is 8.03. The Balaban J connectivity index is 1.70. The van der Waals surface area contributed by atoms with Gasteiger partial charge in [0.15, 0.2) is 0 Å². The maximum absolute atomic E-state index is 13.2. The molecule has 2 aromatic rings. The molecular weight excluding hydrogens is 483 g/mol. The molecule has 1 aliphatic heterocycles. The Kier molecular flexibility index (Phi) is 8.22. The molecule has 0 spiro atoms. The van der Waals surface area contributed by atoms with Crippen LogP contribution in [-0.2, 0) is 27.5 Å². The molecule has 0 unspecified atom stereocenters. The second-order valence-corrected chi connectivity index (χ2v) is 10.1. The highest BCUT2D eigenvalue weighted by atomic mass is 32.2. The van der Waals surface area contributed by atoms with Crippen LogP contribution in [-0.4, -0.2) is 55.1 Å². The van der Waals surface area contributed by atoms with Gasteiger partial charge in [-0.2, -0.15) is 17.5 Å². The number of nitrogens with one attached hydrogen (secondary N) is 1. The summed E-state index contributed by atoms with van der Waals surface area (Å²) < 4.78 is 65.1. The molecule has 1 atom stereocenters. The fourth-order valence-corrected chi connectivity index (χ4v) is 5.57. The van der Waals surface area contributed by atoms with Crippen molar-refractivity contribution in [3.63, 3.8) is 0 Å². The second-order valence-electron chi connectivity index (χ2n) is 8.19. The van der Waals surface area contributed by atoms with Crippen LogP contribution < -0.4 is 5.32 Å². The minimum atomic E-state index is -4.44. The molecule has 0 saturated carbocycles. The standard InChI is InChI=1S/C24H28F3N3O4S/c1-3-29(4-2)35(33,34)20-8-5-7-18(15-20)23(32)30-14-6-9-21(30)22(31)28-16-17-10-12-19(13-11-17)24(25,26)27/h5,7-8,10-13,15,21H,3-4,6,9,14,16H2,1-2H3,(H,28,31)/t21-/m1/s1. The van der Waals surface area contributed by atoms with Crippen LogP contribution in [0.15, 0.2) is 53.4 Å². The van der Waals surface area contributed by atoms with Gasteiger partial charge in [-0.05, 0) is 48.7 Å². The molecule has 0 bridgehead atoms. The fourth-order valence-electron chi connectivity index (χ4n) is 4.07. The third kappa shape index (κ3) is 6.02. The van der Waals surface area contributed by atoms with Gasteiger partial charge in [0.25, 0.3) is 5.91 Å². The minimum Gasteiger partial charge on any atom is -0.350 e. The Hall–Kier alpha value is -2.92. The van der Waals surface area contributed by atoms with Gasteiger partial charge in [0.05, 0.1) is 10.5 Å². The Morgan fingerprint density at radius 2 is 1.74 bits per heavy atom. The third-order valence-electron chi connectivity index (χ3n) is 5.99. The summed E-state index contributed by atoms with van der Waals surface area (Å²) >= 11 is 0. The van der Waals surface area contributed by atoms with E-state index in [1.54, 1.807) is 13.8 Å². The lowest BCUT2D eigenvalue weighted by Gasteiger charge is -2.24. The number of likely N-dealkylation sites (tertiary alicyclic amines) is 1. The first kappa shape index (κ1) is 26.7. The maximum Gasteiger partial charge on any atom is 0.416 e. The number of carbonyl (C=O) groups is 2. The van der Waals surface area contributed by atoms with Crippen LogP contribution in [0.2, 0.25) is 0 Å². The highest BCUT2D eigenvalue weighted by molar-refractivity contribution is 7.89. The summed E-state index contributed by atoms with van der Waals surface area (Å²) in [7, 11) is -3.75. The number of alkyl halides is 3. The number of rotatable bonds is 8. The largest absolute Gasteiger partial charge is 0.416 e. The number of amides is 2. The van der Waals surface area contributed by atoms with E-state index in [-0.39, 0.29) is 17.0 Å². The smallest absolute Gasteiger partial charge is 0.350 e. The Morgan fingerprint density at radius 3 is 2.34 bits per heavy atom. The monoisotopic (exact) mass is 511 g/mol. The second kappa shape index (κ2) is 10.8. The van der Waals surface area contributed by atoms with Gasteiger partial charge < -0.3 is 10.2 Å². The topological polar surface area (TPSA) is 86.8 Å². The number of hydrogen-bond donors (Lipinski definition) is 1. The van der Waals surface area contributed by atoms with Crippen LogP contribution in [0.3, 0.4) is 0 Å². The van der Waals surface area contributed by atoms with Crippen LogP contribution in [0.25, 0.3) is 0 Å². The van der Waals surface area contributed by atoms with Crippen molar-refractivity contribution in [2.45, 2.75) is 50.3 Å². The molecule has 35 heavy (non-hydrogen) atoms. The van der Waals surface area contributed by atoms with E-state index in [9.17, 15) is 31.2 Å². The summed E-state index contributed by atoms with van der Waals surface area (Å²) in [5, 5.41) is 2.68. The number of nitrogens with zero attached hydrogens (tertiary/aromatic N) is 2. The van der Waals surface area contributed by atoms with Crippen molar-refractivity contribution in [3.05, 3.63) is 65.2 Å². The molecule has 0 aliphatic carbocycles. The first-order chi connectivity index (χ1) is 16.5. The summed E-state index contributed by atoms with van der Waals surface area (Å²) in [6.45, 7) is 4.41. The molecule has 1 heterocycles. The van der Waals surface area contributed by atoms with Crippen LogP contribution in [0.5, 0.6) is 0 Å². The van der Waals surface area contributed by atoms with Gasteiger partial charge in [0.1, 0.15) is 6.04 Å². The van der Waals surface area contributed by atoms with E-state index < -0.39 is 39.6 Å². The lowest BCUT2D eigenvalue weighted by Crippen LogP contribution is -2.45. The quantitative estimate of drug-likeness (QED) is 0.586. The minimum absolute atomic E-state index is 0.00884. The molecular formula is C24H28F3N3O4S. The Labute approximate surface area is 203 Å². The summed E-state index contributed by atoms with van der Waals surface area (Å²) in [5.74, 6) is -0.864. The van der Waals surface area contributed by atoms with Crippen LogP contribution in [0, 0.1) is 0 Å². The van der Waals surface area contributed by atoms with Crippen LogP contribution in [0.4, 0.5) is 13.2 Å². The SMILES string of the molecule is CCN(CC)S(=O)(=O)c1cccc(C(=O)N2CCC[C@@H]2C(=O)NCc2ccc(C(F)(F)F)cc2)c1. The zero-order valence-electron chi connectivity index (χ0n) is 19.5. The van der Waals surface area contributed by atoms with E-state index >= 15 is 0 Å². The molecule has 2 aromatic carbocycles. The van der Waals surface area contributed by atoms with Gasteiger partial charge in [0, 0.05) is 31.7 Å². The number of benzene rings is 2. The molecule has 7 nitrogen and oxygen atoms in total. The van der Waals surface area contributed by atoms with Crippen molar-refractivity contribution in [2.24, 2.45) is 0 Å². The summed E-state index contributed by atoms with van der Waals surface area (Å²) in [5.41, 5.74) is -0.109. The normalized spacial score (nSPS) is 16.5. The van der Waals surface area contributed by atoms with Gasteiger partial charge in [-0.25, -0.2) is 8.42 Å². The van der Waals surface area contributed by atoms with Crippen molar-refractivity contribution in [1.29, 1.82) is 0 Å². The van der Waals surface area contributed by atoms with E-state index in [2.05, 4.69) is 5.32 Å². The highest BCUT2D eigenvalue weighted by Gasteiger charge is 2.35. The molecule has 11 heteroatoms. The zero-order chi connectivity index (χ0) is 25.8. The maximum atomic E-state index is 13.2. The zero-order valence-corrected chi connectivity index (χ0v) is 20.3. The molecule has 1 aliphatic rings. The van der Waals surface area contributed by atoms with E-state index in [0.29, 0.717) is 38.0 Å². The van der Waals surface area contributed by atoms with E-state index in [4.69, 9.17) is 0 Å². The van der Waals surface area contributed by atoms with E-state index in [1.807, 2.05) is 0 Å². The van der Waals surface area contributed by atoms with Crippen molar-refractivity contribution in [2.75, 3.05) is 19.6 Å². The average Bonchev–Trinajstić information content (AvgIpc) is 3.32. The molecule has 0 radical (unpaired) electrons. The van der Waals surface area contributed by atoms with Crippen molar-refractivity contribution >= 4 is 21.8 Å². The summed E-state index contributed by atoms with van der Waals surface area (Å²) in [6, 6.07) is 9.51. The lowest BCUT2D eigenvalue weighted by atomic mass is 10.1. The number of hydrogen-bond acceptors (Lipinski definition) is 4. The first-order valence-corrected chi connectivity index (χ1v) is 12.8. The number of sulfonamides is 1. The average molecular weight is 512 g/mol. The van der Waals surface area contributed by atoms with Crippen LogP contribution >= 0.6 is 0 Å². The molecule has 1 fully saturated rings. The molecule has 190 valence electrons. The van der Waals surface area contributed by atoms with Gasteiger partial charge in [-0.1, -0.05) is 32.0 Å². The Bertz CT molecular complexity index is 1160. The molecule has 3 rings (SSSR count). The van der Waals surface area contributed by atoms with Crippen LogP contribution in [0.1, 0.15) is 48.2 Å². The number of halogens is 3. The molecule has 0 aromatic heterocycles. The highest BCUT2D eigenvalue weighted by Crippen LogP contribution is 2.29. The Morgan fingerprint density at radius 1 is 1.09 bits per heavy atom. The first-order valence-electron chi connectivity index (χ1n) is 11.3. The molecule has 2 amide bonds. The predicted octanol–water partition coefficient (Wildman–Crippen LogP) is 3.66. The predicted molar refractivity (Wildman–Crippen MR) is 124 cm³/mol. The van der Waals surface area contributed by atoms with Crippen molar-refractivity contribution in [1.82, 2.24) is 14.5 Å². The molecule has 1 N–H and O–H groups in total. The van der Waals surface area contributed by atoms with Crippen molar-refractivity contribution < 1.29 is 31.2 Å². The van der Waals surface area contributed by atoms with Gasteiger partial charge >= 0.3 is 6.18 Å². The van der Waals surface area contributed by atoms with E-state index in [1.165, 1.54) is 45.6 Å². The summed E-state index contributed by atoms with van der Waals surface area (Å²) in [4.78, 5) is 27.4. The van der Waals surface area contributed by atoms with E-state index in [0.717, 1.165) is 12.1 Å². The van der Waals surface area contributed by atoms with Crippen molar-refractivity contribution in [3.8, 4) is 0 Å². The van der Waals surface area contributed by atoms with Gasteiger partial charge in [-0.15, -0.1) is 0 Å².